The SMILES string of the molecule is COCCOc1ccc(Br)cc1CNC(C)C. The molecule has 0 amide bonds. The van der Waals surface area contributed by atoms with Crippen LogP contribution in [-0.2, 0) is 11.3 Å². The maximum atomic E-state index is 5.68. The molecule has 1 aromatic carbocycles. The zero-order chi connectivity index (χ0) is 12.7. The topological polar surface area (TPSA) is 30.5 Å². The molecule has 0 aliphatic carbocycles. The number of rotatable bonds is 7. The van der Waals surface area contributed by atoms with Gasteiger partial charge in [-0.1, -0.05) is 29.8 Å². The van der Waals surface area contributed by atoms with Gasteiger partial charge in [0.2, 0.25) is 0 Å². The predicted octanol–water partition coefficient (Wildman–Crippen LogP) is 2.97. The third kappa shape index (κ3) is 5.52. The van der Waals surface area contributed by atoms with E-state index in [0.717, 1.165) is 22.3 Å². The van der Waals surface area contributed by atoms with E-state index in [0.29, 0.717) is 19.3 Å². The highest BCUT2D eigenvalue weighted by molar-refractivity contribution is 9.10. The molecule has 0 radical (unpaired) electrons. The molecule has 0 fully saturated rings. The number of halogens is 1. The summed E-state index contributed by atoms with van der Waals surface area (Å²) < 4.78 is 11.7. The zero-order valence-corrected chi connectivity index (χ0v) is 12.2. The molecule has 1 rings (SSSR count). The van der Waals surface area contributed by atoms with Crippen LogP contribution in [0.5, 0.6) is 5.75 Å². The van der Waals surface area contributed by atoms with Crippen LogP contribution in [0.25, 0.3) is 0 Å². The molecule has 0 unspecified atom stereocenters. The second kappa shape index (κ2) is 7.69. The fourth-order valence-corrected chi connectivity index (χ4v) is 1.78. The van der Waals surface area contributed by atoms with Crippen molar-refractivity contribution < 1.29 is 9.47 Å². The minimum atomic E-state index is 0.459. The van der Waals surface area contributed by atoms with Gasteiger partial charge in [-0.2, -0.15) is 0 Å². The van der Waals surface area contributed by atoms with Crippen molar-refractivity contribution in [3.05, 3.63) is 28.2 Å². The lowest BCUT2D eigenvalue weighted by Gasteiger charge is -2.14. The summed E-state index contributed by atoms with van der Waals surface area (Å²) in [6.45, 7) is 6.24. The summed E-state index contributed by atoms with van der Waals surface area (Å²) in [4.78, 5) is 0. The quantitative estimate of drug-likeness (QED) is 0.786. The lowest BCUT2D eigenvalue weighted by Crippen LogP contribution is -2.22. The van der Waals surface area contributed by atoms with Crippen LogP contribution in [0.15, 0.2) is 22.7 Å². The fourth-order valence-electron chi connectivity index (χ4n) is 1.38. The highest BCUT2D eigenvalue weighted by Gasteiger charge is 2.05. The summed E-state index contributed by atoms with van der Waals surface area (Å²) in [5, 5.41) is 3.39. The summed E-state index contributed by atoms with van der Waals surface area (Å²) in [5.74, 6) is 0.915. The third-order valence-corrected chi connectivity index (χ3v) is 2.76. The first-order valence-electron chi connectivity index (χ1n) is 5.77. The van der Waals surface area contributed by atoms with E-state index in [2.05, 4.69) is 41.2 Å². The Kier molecular flexibility index (Phi) is 6.55. The van der Waals surface area contributed by atoms with Gasteiger partial charge in [-0.25, -0.2) is 0 Å². The van der Waals surface area contributed by atoms with Gasteiger partial charge in [0.25, 0.3) is 0 Å². The molecule has 0 atom stereocenters. The molecule has 0 heterocycles. The number of ether oxygens (including phenoxy) is 2. The molecular formula is C13H20BrNO2. The second-order valence-corrected chi connectivity index (χ2v) is 5.04. The fraction of sp³-hybridized carbons (Fsp3) is 0.538. The van der Waals surface area contributed by atoms with Crippen LogP contribution in [-0.4, -0.2) is 26.4 Å². The average molecular weight is 302 g/mol. The van der Waals surface area contributed by atoms with Gasteiger partial charge < -0.3 is 14.8 Å². The highest BCUT2D eigenvalue weighted by atomic mass is 79.9. The van der Waals surface area contributed by atoms with E-state index in [1.165, 1.54) is 0 Å². The van der Waals surface area contributed by atoms with Crippen LogP contribution < -0.4 is 10.1 Å². The molecule has 0 bridgehead atoms. The van der Waals surface area contributed by atoms with Crippen molar-refractivity contribution >= 4 is 15.9 Å². The third-order valence-electron chi connectivity index (χ3n) is 2.27. The van der Waals surface area contributed by atoms with Gasteiger partial charge in [-0.15, -0.1) is 0 Å². The molecule has 4 heteroatoms. The van der Waals surface area contributed by atoms with Crippen molar-refractivity contribution in [2.75, 3.05) is 20.3 Å². The Bertz CT molecular complexity index is 342. The Labute approximate surface area is 112 Å². The van der Waals surface area contributed by atoms with E-state index < -0.39 is 0 Å². The van der Waals surface area contributed by atoms with Crippen LogP contribution in [0.4, 0.5) is 0 Å². The number of hydrogen-bond acceptors (Lipinski definition) is 3. The summed E-state index contributed by atoms with van der Waals surface area (Å²) in [7, 11) is 1.67. The van der Waals surface area contributed by atoms with E-state index >= 15 is 0 Å². The second-order valence-electron chi connectivity index (χ2n) is 4.13. The zero-order valence-electron chi connectivity index (χ0n) is 10.6. The summed E-state index contributed by atoms with van der Waals surface area (Å²) in [6.07, 6.45) is 0. The van der Waals surface area contributed by atoms with E-state index in [4.69, 9.17) is 9.47 Å². The van der Waals surface area contributed by atoms with Crippen molar-refractivity contribution in [1.82, 2.24) is 5.32 Å². The lowest BCUT2D eigenvalue weighted by atomic mass is 10.2. The van der Waals surface area contributed by atoms with E-state index in [1.54, 1.807) is 7.11 Å². The maximum absolute atomic E-state index is 5.68. The molecule has 3 nitrogen and oxygen atoms in total. The van der Waals surface area contributed by atoms with Crippen molar-refractivity contribution in [1.29, 1.82) is 0 Å². The molecular weight excluding hydrogens is 282 g/mol. The molecule has 0 spiro atoms. The molecule has 0 saturated heterocycles. The highest BCUT2D eigenvalue weighted by Crippen LogP contribution is 2.23. The molecule has 0 aliphatic heterocycles. The normalized spacial score (nSPS) is 10.9. The van der Waals surface area contributed by atoms with Crippen molar-refractivity contribution in [2.45, 2.75) is 26.4 Å². The predicted molar refractivity (Wildman–Crippen MR) is 73.5 cm³/mol. The average Bonchev–Trinajstić information content (AvgIpc) is 2.29. The number of hydrogen-bond donors (Lipinski definition) is 1. The van der Waals surface area contributed by atoms with Crippen molar-refractivity contribution in [3.8, 4) is 5.75 Å². The standard InChI is InChI=1S/C13H20BrNO2/c1-10(2)15-9-11-8-12(14)4-5-13(11)17-7-6-16-3/h4-5,8,10,15H,6-7,9H2,1-3H3. The molecule has 17 heavy (non-hydrogen) atoms. The van der Waals surface area contributed by atoms with Crippen molar-refractivity contribution in [2.24, 2.45) is 0 Å². The largest absolute Gasteiger partial charge is 0.491 e. The van der Waals surface area contributed by atoms with E-state index in [9.17, 15) is 0 Å². The van der Waals surface area contributed by atoms with Gasteiger partial charge in [-0.3, -0.25) is 0 Å². The molecule has 0 saturated carbocycles. The van der Waals surface area contributed by atoms with Crippen LogP contribution in [0.3, 0.4) is 0 Å². The summed E-state index contributed by atoms with van der Waals surface area (Å²) in [6, 6.07) is 6.51. The number of nitrogens with one attached hydrogen (secondary N) is 1. The van der Waals surface area contributed by atoms with Gasteiger partial charge in [0.1, 0.15) is 12.4 Å². The smallest absolute Gasteiger partial charge is 0.123 e. The number of benzene rings is 1. The maximum Gasteiger partial charge on any atom is 0.123 e. The van der Waals surface area contributed by atoms with Gasteiger partial charge in [0, 0.05) is 29.7 Å². The van der Waals surface area contributed by atoms with Gasteiger partial charge >= 0.3 is 0 Å². The monoisotopic (exact) mass is 301 g/mol. The molecule has 0 aliphatic rings. The Morgan fingerprint density at radius 2 is 2.06 bits per heavy atom. The van der Waals surface area contributed by atoms with Crippen LogP contribution in [0, 0.1) is 0 Å². The Morgan fingerprint density at radius 1 is 1.29 bits per heavy atom. The van der Waals surface area contributed by atoms with Crippen LogP contribution in [0.1, 0.15) is 19.4 Å². The van der Waals surface area contributed by atoms with E-state index in [-0.39, 0.29) is 0 Å². The van der Waals surface area contributed by atoms with Gasteiger partial charge in [0.05, 0.1) is 6.61 Å². The summed E-state index contributed by atoms with van der Waals surface area (Å²) >= 11 is 3.48. The first-order chi connectivity index (χ1) is 8.13. The Hall–Kier alpha value is -0.580. The van der Waals surface area contributed by atoms with E-state index in [1.807, 2.05) is 12.1 Å². The van der Waals surface area contributed by atoms with Crippen molar-refractivity contribution in [3.63, 3.8) is 0 Å². The van der Waals surface area contributed by atoms with Crippen LogP contribution >= 0.6 is 15.9 Å². The molecule has 1 aromatic rings. The first kappa shape index (κ1) is 14.5. The van der Waals surface area contributed by atoms with Gasteiger partial charge in [0.15, 0.2) is 0 Å². The first-order valence-corrected chi connectivity index (χ1v) is 6.56. The minimum Gasteiger partial charge on any atom is -0.491 e. The number of methoxy groups -OCH3 is 1. The lowest BCUT2D eigenvalue weighted by molar-refractivity contribution is 0.145. The van der Waals surface area contributed by atoms with Crippen LogP contribution in [0.2, 0.25) is 0 Å². The Balaban J connectivity index is 2.66. The van der Waals surface area contributed by atoms with Gasteiger partial charge in [-0.05, 0) is 18.2 Å². The Morgan fingerprint density at radius 3 is 2.71 bits per heavy atom. The molecule has 1 N–H and O–H groups in total. The minimum absolute atomic E-state index is 0.459. The molecule has 96 valence electrons. The molecule has 0 aromatic heterocycles. The summed E-state index contributed by atoms with van der Waals surface area (Å²) in [5.41, 5.74) is 1.16.